The van der Waals surface area contributed by atoms with Gasteiger partial charge >= 0.3 is 11.9 Å². The van der Waals surface area contributed by atoms with E-state index >= 15 is 0 Å². The predicted octanol–water partition coefficient (Wildman–Crippen LogP) is 4.54. The fourth-order valence-corrected chi connectivity index (χ4v) is 2.65. The van der Waals surface area contributed by atoms with Crippen molar-refractivity contribution in [3.8, 4) is 0 Å². The summed E-state index contributed by atoms with van der Waals surface area (Å²) < 4.78 is 9.04. The zero-order valence-corrected chi connectivity index (χ0v) is 18.8. The fourth-order valence-electron chi connectivity index (χ4n) is 2.09. The molecule has 0 amide bonds. The second-order valence-corrected chi connectivity index (χ2v) is 6.95. The van der Waals surface area contributed by atoms with Gasteiger partial charge in [0, 0.05) is 11.8 Å². The van der Waals surface area contributed by atoms with Crippen LogP contribution in [-0.4, -0.2) is 46.6 Å². The molecular formula is C19H16Cl3N5O4. The summed E-state index contributed by atoms with van der Waals surface area (Å²) in [4.78, 5) is 22.5. The lowest BCUT2D eigenvalue weighted by Crippen LogP contribution is -2.09. The highest BCUT2D eigenvalue weighted by Crippen LogP contribution is 2.22. The number of methoxy groups -OCH3 is 2. The summed E-state index contributed by atoms with van der Waals surface area (Å²) in [7, 11) is 2.52. The third-order valence-electron chi connectivity index (χ3n) is 3.57. The van der Waals surface area contributed by atoms with Gasteiger partial charge in [-0.2, -0.15) is 0 Å². The van der Waals surface area contributed by atoms with Gasteiger partial charge in [0.2, 0.25) is 0 Å². The number of esters is 2. The van der Waals surface area contributed by atoms with Crippen LogP contribution in [0.15, 0.2) is 36.4 Å². The molecule has 162 valence electrons. The Hall–Kier alpha value is -3.01. The highest BCUT2D eigenvalue weighted by atomic mass is 35.5. The largest absolute Gasteiger partial charge is 0.464 e. The van der Waals surface area contributed by atoms with Crippen molar-refractivity contribution in [1.29, 1.82) is 0 Å². The molecule has 0 unspecified atom stereocenters. The highest BCUT2D eigenvalue weighted by Gasteiger charge is 2.16. The molecule has 3 aromatic rings. The summed E-state index contributed by atoms with van der Waals surface area (Å²) in [6, 6.07) is 10.5. The van der Waals surface area contributed by atoms with Crippen LogP contribution in [0.3, 0.4) is 0 Å². The first-order valence-electron chi connectivity index (χ1n) is 8.47. The minimum Gasteiger partial charge on any atom is -0.464 e. The van der Waals surface area contributed by atoms with E-state index in [0.717, 1.165) is 11.3 Å². The predicted molar refractivity (Wildman–Crippen MR) is 116 cm³/mol. The lowest BCUT2D eigenvalue weighted by atomic mass is 10.2. The Labute approximate surface area is 192 Å². The molecule has 1 aromatic carbocycles. The number of nitrogens with zero attached hydrogens (tertiary/aromatic N) is 4. The van der Waals surface area contributed by atoms with Gasteiger partial charge in [-0.25, -0.2) is 9.59 Å². The molecule has 2 aromatic heterocycles. The van der Waals surface area contributed by atoms with Crippen molar-refractivity contribution in [3.63, 3.8) is 0 Å². The van der Waals surface area contributed by atoms with Crippen molar-refractivity contribution in [1.82, 2.24) is 20.4 Å². The molecule has 9 nitrogen and oxygen atoms in total. The Balaban J connectivity index is 0.000000245. The Morgan fingerprint density at radius 3 is 1.87 bits per heavy atom. The summed E-state index contributed by atoms with van der Waals surface area (Å²) in [6.45, 7) is 1.99. The number of aromatic nitrogens is 4. The maximum Gasteiger partial charge on any atom is 0.360 e. The molecule has 0 saturated heterocycles. The molecule has 0 atom stereocenters. The molecule has 2 heterocycles. The van der Waals surface area contributed by atoms with Gasteiger partial charge in [0.15, 0.2) is 21.7 Å². The number of aryl methyl sites for hydroxylation is 1. The van der Waals surface area contributed by atoms with E-state index in [4.69, 9.17) is 34.8 Å². The average Bonchev–Trinajstić information content (AvgIpc) is 2.75. The number of carbonyl (C=O) groups is 2. The van der Waals surface area contributed by atoms with Gasteiger partial charge in [0.1, 0.15) is 0 Å². The van der Waals surface area contributed by atoms with E-state index < -0.39 is 11.9 Å². The quantitative estimate of drug-likeness (QED) is 0.533. The monoisotopic (exact) mass is 483 g/mol. The van der Waals surface area contributed by atoms with Crippen LogP contribution in [0, 0.1) is 6.92 Å². The first-order valence-corrected chi connectivity index (χ1v) is 9.60. The zero-order chi connectivity index (χ0) is 23.0. The molecule has 0 bridgehead atoms. The van der Waals surface area contributed by atoms with Crippen molar-refractivity contribution < 1.29 is 19.1 Å². The molecule has 0 aliphatic rings. The smallest absolute Gasteiger partial charge is 0.360 e. The van der Waals surface area contributed by atoms with Crippen LogP contribution in [-0.2, 0) is 9.47 Å². The Morgan fingerprint density at radius 2 is 1.32 bits per heavy atom. The van der Waals surface area contributed by atoms with Gasteiger partial charge < -0.3 is 14.8 Å². The third-order valence-corrected chi connectivity index (χ3v) is 4.23. The van der Waals surface area contributed by atoms with Crippen molar-refractivity contribution in [2.24, 2.45) is 0 Å². The second kappa shape index (κ2) is 11.4. The second-order valence-electron chi connectivity index (χ2n) is 5.77. The molecule has 0 radical (unpaired) electrons. The molecule has 1 N–H and O–H groups in total. The third kappa shape index (κ3) is 7.02. The van der Waals surface area contributed by atoms with E-state index in [1.807, 2.05) is 31.2 Å². The molecule has 0 saturated carbocycles. The van der Waals surface area contributed by atoms with E-state index in [-0.39, 0.29) is 26.7 Å². The topological polar surface area (TPSA) is 116 Å². The van der Waals surface area contributed by atoms with Crippen LogP contribution < -0.4 is 5.32 Å². The maximum atomic E-state index is 11.6. The molecule has 0 spiro atoms. The number of benzene rings is 1. The first kappa shape index (κ1) is 24.3. The number of hydrogen-bond acceptors (Lipinski definition) is 9. The summed E-state index contributed by atoms with van der Waals surface area (Å²) in [6.07, 6.45) is 0. The summed E-state index contributed by atoms with van der Waals surface area (Å²) >= 11 is 16.9. The summed E-state index contributed by atoms with van der Waals surface area (Å²) in [5.41, 5.74) is 2.47. The summed E-state index contributed by atoms with van der Waals surface area (Å²) in [5.74, 6) is -1.21. The number of rotatable bonds is 4. The number of carbonyl (C=O) groups excluding carboxylic acids is 2. The van der Waals surface area contributed by atoms with Crippen LogP contribution in [0.5, 0.6) is 0 Å². The van der Waals surface area contributed by atoms with Crippen LogP contribution in [0.4, 0.5) is 11.4 Å². The van der Waals surface area contributed by atoms with Gasteiger partial charge in [-0.1, -0.05) is 52.5 Å². The molecule has 0 fully saturated rings. The van der Waals surface area contributed by atoms with E-state index in [9.17, 15) is 9.59 Å². The number of anilines is 2. The Kier molecular flexibility index (Phi) is 8.92. The molecule has 0 aliphatic carbocycles. The van der Waals surface area contributed by atoms with Gasteiger partial charge in [0.25, 0.3) is 0 Å². The van der Waals surface area contributed by atoms with Crippen LogP contribution in [0.25, 0.3) is 0 Å². The van der Waals surface area contributed by atoms with E-state index in [0.29, 0.717) is 5.69 Å². The van der Waals surface area contributed by atoms with Crippen LogP contribution >= 0.6 is 34.8 Å². The van der Waals surface area contributed by atoms with Gasteiger partial charge in [-0.15, -0.1) is 20.4 Å². The minimum atomic E-state index is -0.635. The lowest BCUT2D eigenvalue weighted by molar-refractivity contribution is 0.0584. The first-order chi connectivity index (χ1) is 14.7. The molecule has 0 aliphatic heterocycles. The molecular weight excluding hydrogens is 469 g/mol. The number of nitrogens with one attached hydrogen (secondary N) is 1. The molecule has 12 heteroatoms. The van der Waals surface area contributed by atoms with Crippen LogP contribution in [0.2, 0.25) is 15.3 Å². The SMILES string of the molecule is COC(=O)c1nnc(Cl)cc1Cl.COC(=O)c1nnc(Cl)cc1Nc1ccc(C)cc1. The standard InChI is InChI=1S/C13H12ClN3O2.C6H4Cl2N2O2/c1-8-3-5-9(6-4-8)15-10-7-11(14)16-17-12(10)13(18)19-2;1-12-6(11)5-3(7)2-4(8)9-10-5/h3-7H,1-2H3,(H,15,16);2H,1H3. The van der Waals surface area contributed by atoms with Gasteiger partial charge in [0.05, 0.1) is 24.9 Å². The Morgan fingerprint density at radius 1 is 0.806 bits per heavy atom. The van der Waals surface area contributed by atoms with Crippen molar-refractivity contribution in [2.45, 2.75) is 6.92 Å². The van der Waals surface area contributed by atoms with Gasteiger partial charge in [-0.3, -0.25) is 0 Å². The highest BCUT2D eigenvalue weighted by molar-refractivity contribution is 6.35. The van der Waals surface area contributed by atoms with E-state index in [2.05, 4.69) is 35.2 Å². The lowest BCUT2D eigenvalue weighted by Gasteiger charge is -2.09. The average molecular weight is 485 g/mol. The Bertz CT molecular complexity index is 1080. The molecule has 3 rings (SSSR count). The van der Waals surface area contributed by atoms with E-state index in [1.165, 1.54) is 26.4 Å². The number of hydrogen-bond donors (Lipinski definition) is 1. The number of halogens is 3. The van der Waals surface area contributed by atoms with Crippen molar-refractivity contribution >= 4 is 58.1 Å². The van der Waals surface area contributed by atoms with Crippen LogP contribution in [0.1, 0.15) is 26.5 Å². The maximum absolute atomic E-state index is 11.6. The van der Waals surface area contributed by atoms with Crippen molar-refractivity contribution in [3.05, 3.63) is 68.7 Å². The summed E-state index contributed by atoms with van der Waals surface area (Å²) in [5, 5.41) is 17.8. The minimum absolute atomic E-state index is 0.0384. The number of ether oxygens (including phenoxy) is 2. The molecule has 31 heavy (non-hydrogen) atoms. The normalized spacial score (nSPS) is 9.87. The van der Waals surface area contributed by atoms with Crippen molar-refractivity contribution in [2.75, 3.05) is 19.5 Å². The van der Waals surface area contributed by atoms with E-state index in [1.54, 1.807) is 0 Å². The fraction of sp³-hybridized carbons (Fsp3) is 0.158. The zero-order valence-electron chi connectivity index (χ0n) is 16.5. The van der Waals surface area contributed by atoms with Gasteiger partial charge in [-0.05, 0) is 25.1 Å².